The van der Waals surface area contributed by atoms with Crippen LogP contribution >= 0.6 is 0 Å². The summed E-state index contributed by atoms with van der Waals surface area (Å²) in [6.45, 7) is 5.88. The molecule has 0 aliphatic rings. The molecule has 0 atom stereocenters. The van der Waals surface area contributed by atoms with E-state index in [-0.39, 0.29) is 0 Å². The Morgan fingerprint density at radius 1 is 1.07 bits per heavy atom. The Bertz CT molecular complexity index is 478. The Morgan fingerprint density at radius 2 is 1.86 bits per heavy atom. The third kappa shape index (κ3) is 1.44. The molecule has 0 nitrogen and oxygen atoms in total. The van der Waals surface area contributed by atoms with E-state index in [0.717, 1.165) is 0 Å². The highest BCUT2D eigenvalue weighted by Crippen LogP contribution is 2.23. The van der Waals surface area contributed by atoms with E-state index in [0.29, 0.717) is 0 Å². The number of hydrogen-bond acceptors (Lipinski definition) is 0. The summed E-state index contributed by atoms with van der Waals surface area (Å²) in [5.74, 6) is 0. The van der Waals surface area contributed by atoms with E-state index in [1.54, 1.807) is 0 Å². The molecular weight excluding hydrogens is 168 g/mol. The molecule has 0 saturated heterocycles. The van der Waals surface area contributed by atoms with Crippen molar-refractivity contribution in [3.63, 3.8) is 0 Å². The number of allylic oxidation sites excluding steroid dienone is 1. The zero-order valence-corrected chi connectivity index (χ0v) is 8.33. The fourth-order valence-electron chi connectivity index (χ4n) is 1.74. The van der Waals surface area contributed by atoms with Crippen LogP contribution in [0.2, 0.25) is 0 Å². The monoisotopic (exact) mass is 181 g/mol. The van der Waals surface area contributed by atoms with Crippen molar-refractivity contribution in [2.75, 3.05) is 0 Å². The standard InChI is InChI=1S/C14H13/c1-3-6-13-11(2)9-10-12-7-4-5-8-14(12)13/h3-10H,1H2,2H3. The first kappa shape index (κ1) is 9.01. The molecule has 0 unspecified atom stereocenters. The number of aryl methyl sites for hydroxylation is 1. The van der Waals surface area contributed by atoms with E-state index < -0.39 is 0 Å². The van der Waals surface area contributed by atoms with Crippen molar-refractivity contribution in [1.82, 2.24) is 0 Å². The number of rotatable bonds is 1. The van der Waals surface area contributed by atoms with Crippen LogP contribution in [0.5, 0.6) is 0 Å². The van der Waals surface area contributed by atoms with Gasteiger partial charge in [0.05, 0.1) is 0 Å². The van der Waals surface area contributed by atoms with Crippen LogP contribution in [0.4, 0.5) is 0 Å². The van der Waals surface area contributed by atoms with Gasteiger partial charge >= 0.3 is 0 Å². The lowest BCUT2D eigenvalue weighted by molar-refractivity contribution is 1.48. The number of fused-ring (bicyclic) bond motifs is 1. The first-order chi connectivity index (χ1) is 6.83. The van der Waals surface area contributed by atoms with E-state index in [4.69, 9.17) is 0 Å². The van der Waals surface area contributed by atoms with Crippen LogP contribution in [0.3, 0.4) is 0 Å². The second-order valence-corrected chi connectivity index (χ2v) is 3.42. The van der Waals surface area contributed by atoms with Gasteiger partial charge in [-0.05, 0) is 35.7 Å². The van der Waals surface area contributed by atoms with Crippen molar-refractivity contribution in [3.05, 3.63) is 60.5 Å². The molecule has 69 valence electrons. The summed E-state index contributed by atoms with van der Waals surface area (Å²) in [5, 5.41) is 2.58. The number of hydrogen-bond donors (Lipinski definition) is 0. The van der Waals surface area contributed by atoms with Gasteiger partial charge in [-0.3, -0.25) is 0 Å². The highest BCUT2D eigenvalue weighted by Gasteiger charge is 1.99. The van der Waals surface area contributed by atoms with Crippen LogP contribution in [-0.2, 0) is 0 Å². The van der Waals surface area contributed by atoms with Crippen LogP contribution in [0.25, 0.3) is 16.8 Å². The molecule has 0 bridgehead atoms. The average molecular weight is 181 g/mol. The Hall–Kier alpha value is -1.56. The zero-order valence-electron chi connectivity index (χ0n) is 8.33. The van der Waals surface area contributed by atoms with Gasteiger partial charge in [-0.2, -0.15) is 0 Å². The summed E-state index contributed by atoms with van der Waals surface area (Å²) in [7, 11) is 0. The fraction of sp³-hybridized carbons (Fsp3) is 0.0714. The topological polar surface area (TPSA) is 0 Å². The predicted molar refractivity (Wildman–Crippen MR) is 63.1 cm³/mol. The minimum absolute atomic E-state index is 1.28. The first-order valence-corrected chi connectivity index (χ1v) is 4.77. The third-order valence-electron chi connectivity index (χ3n) is 2.47. The van der Waals surface area contributed by atoms with E-state index in [9.17, 15) is 0 Å². The molecule has 0 spiro atoms. The highest BCUT2D eigenvalue weighted by atomic mass is 14.0. The van der Waals surface area contributed by atoms with Crippen molar-refractivity contribution in [1.29, 1.82) is 0 Å². The van der Waals surface area contributed by atoms with E-state index >= 15 is 0 Å². The van der Waals surface area contributed by atoms with E-state index in [1.807, 2.05) is 6.08 Å². The molecule has 0 saturated carbocycles. The van der Waals surface area contributed by atoms with Gasteiger partial charge in [0.25, 0.3) is 0 Å². The molecule has 1 radical (unpaired) electrons. The summed E-state index contributed by atoms with van der Waals surface area (Å²) < 4.78 is 0. The fourth-order valence-corrected chi connectivity index (χ4v) is 1.74. The Balaban J connectivity index is 2.82. The molecule has 2 rings (SSSR count). The Morgan fingerprint density at radius 3 is 2.64 bits per heavy atom. The van der Waals surface area contributed by atoms with Gasteiger partial charge in [0.15, 0.2) is 0 Å². The van der Waals surface area contributed by atoms with Crippen molar-refractivity contribution in [2.45, 2.75) is 6.92 Å². The third-order valence-corrected chi connectivity index (χ3v) is 2.47. The Kier molecular flexibility index (Phi) is 2.36. The summed E-state index contributed by atoms with van der Waals surface area (Å²) in [5.41, 5.74) is 2.57. The van der Waals surface area contributed by atoms with Gasteiger partial charge in [-0.15, -0.1) is 0 Å². The molecule has 0 N–H and O–H groups in total. The maximum atomic E-state index is 3.75. The molecule has 2 aromatic rings. The summed E-state index contributed by atoms with van der Waals surface area (Å²) in [6.07, 6.45) is 3.91. The minimum Gasteiger partial charge on any atom is -0.0836 e. The lowest BCUT2D eigenvalue weighted by atomic mass is 9.99. The maximum absolute atomic E-state index is 3.75. The SMILES string of the molecule is [CH2]C=Cc1c(C)ccc2ccccc12. The molecule has 0 fully saturated rings. The summed E-state index contributed by atoms with van der Waals surface area (Å²) >= 11 is 0. The lowest BCUT2D eigenvalue weighted by Gasteiger charge is -2.05. The lowest BCUT2D eigenvalue weighted by Crippen LogP contribution is -1.83. The summed E-state index contributed by atoms with van der Waals surface area (Å²) in [6, 6.07) is 12.7. The molecule has 2 aromatic carbocycles. The largest absolute Gasteiger partial charge is 0.0836 e. The van der Waals surface area contributed by atoms with Gasteiger partial charge < -0.3 is 0 Å². The molecular formula is C14H13. The van der Waals surface area contributed by atoms with E-state index in [2.05, 4.69) is 56.3 Å². The minimum atomic E-state index is 1.28. The zero-order chi connectivity index (χ0) is 9.97. The second kappa shape index (κ2) is 3.67. The van der Waals surface area contributed by atoms with Crippen LogP contribution in [0, 0.1) is 13.8 Å². The maximum Gasteiger partial charge on any atom is -0.0109 e. The quantitative estimate of drug-likeness (QED) is 0.624. The molecule has 0 aromatic heterocycles. The van der Waals surface area contributed by atoms with Crippen molar-refractivity contribution < 1.29 is 0 Å². The normalized spacial score (nSPS) is 11.3. The Labute approximate surface area is 84.9 Å². The molecule has 0 aliphatic heterocycles. The van der Waals surface area contributed by atoms with Gasteiger partial charge in [-0.25, -0.2) is 0 Å². The van der Waals surface area contributed by atoms with Crippen LogP contribution in [0.1, 0.15) is 11.1 Å². The average Bonchev–Trinajstić information content (AvgIpc) is 2.23. The van der Waals surface area contributed by atoms with Crippen molar-refractivity contribution in [3.8, 4) is 0 Å². The molecule has 14 heavy (non-hydrogen) atoms. The molecule has 0 heterocycles. The van der Waals surface area contributed by atoms with Crippen molar-refractivity contribution >= 4 is 16.8 Å². The van der Waals surface area contributed by atoms with Gasteiger partial charge in [0.1, 0.15) is 0 Å². The highest BCUT2D eigenvalue weighted by molar-refractivity contribution is 5.91. The molecule has 0 heteroatoms. The van der Waals surface area contributed by atoms with Gasteiger partial charge in [-0.1, -0.05) is 48.6 Å². The second-order valence-electron chi connectivity index (χ2n) is 3.42. The predicted octanol–water partition coefficient (Wildman–Crippen LogP) is 4.00. The van der Waals surface area contributed by atoms with Crippen LogP contribution < -0.4 is 0 Å². The van der Waals surface area contributed by atoms with Crippen molar-refractivity contribution in [2.24, 2.45) is 0 Å². The molecule has 0 amide bonds. The van der Waals surface area contributed by atoms with Gasteiger partial charge in [0.2, 0.25) is 0 Å². The summed E-state index contributed by atoms with van der Waals surface area (Å²) in [4.78, 5) is 0. The van der Waals surface area contributed by atoms with Gasteiger partial charge in [0, 0.05) is 0 Å². The van der Waals surface area contributed by atoms with Crippen LogP contribution in [0.15, 0.2) is 42.5 Å². The first-order valence-electron chi connectivity index (χ1n) is 4.77. The smallest absolute Gasteiger partial charge is 0.0109 e. The number of benzene rings is 2. The van der Waals surface area contributed by atoms with Crippen LogP contribution in [-0.4, -0.2) is 0 Å². The van der Waals surface area contributed by atoms with E-state index in [1.165, 1.54) is 21.9 Å². The molecule has 0 aliphatic carbocycles.